The highest BCUT2D eigenvalue weighted by Gasteiger charge is 2.17. The molecule has 6 heteroatoms. The molecule has 1 heterocycles. The van der Waals surface area contributed by atoms with E-state index in [0.717, 1.165) is 0 Å². The number of hydrogen-bond acceptors (Lipinski definition) is 5. The van der Waals surface area contributed by atoms with Crippen molar-refractivity contribution < 1.29 is 13.9 Å². The average Bonchev–Trinajstić information content (AvgIpc) is 2.55. The lowest BCUT2D eigenvalue weighted by molar-refractivity contribution is 0.0980. The largest absolute Gasteiger partial charge is 0.433 e. The van der Waals surface area contributed by atoms with Crippen molar-refractivity contribution in [2.24, 2.45) is 0 Å². The van der Waals surface area contributed by atoms with Crippen molar-refractivity contribution in [2.45, 2.75) is 6.92 Å². The van der Waals surface area contributed by atoms with Gasteiger partial charge in [0.15, 0.2) is 5.76 Å². The van der Waals surface area contributed by atoms with Crippen LogP contribution in [0.15, 0.2) is 48.4 Å². The number of carbonyl (C=O) groups is 1. The summed E-state index contributed by atoms with van der Waals surface area (Å²) >= 11 is 0. The summed E-state index contributed by atoms with van der Waals surface area (Å²) in [6.45, 7) is 1.76. The molecule has 122 valence electrons. The summed E-state index contributed by atoms with van der Waals surface area (Å²) in [4.78, 5) is 18.4. The van der Waals surface area contributed by atoms with Gasteiger partial charge in [0.2, 0.25) is 11.7 Å². The van der Waals surface area contributed by atoms with Crippen molar-refractivity contribution in [3.05, 3.63) is 71.0 Å². The molecule has 0 atom stereocenters. The maximum atomic E-state index is 13.0. The van der Waals surface area contributed by atoms with Crippen LogP contribution in [0.2, 0.25) is 0 Å². The Kier molecular flexibility index (Phi) is 5.27. The normalized spacial score (nSPS) is 10.9. The number of allylic oxidation sites excluding steroid dienone is 1. The quantitative estimate of drug-likeness (QED) is 0.480. The molecule has 5 nitrogen and oxygen atoms in total. The van der Waals surface area contributed by atoms with Gasteiger partial charge >= 0.3 is 0 Å². The van der Waals surface area contributed by atoms with Crippen molar-refractivity contribution in [3.63, 3.8) is 0 Å². The van der Waals surface area contributed by atoms with Gasteiger partial charge in [0.25, 0.3) is 0 Å². The Bertz CT molecular complexity index is 821. The van der Waals surface area contributed by atoms with E-state index in [1.54, 1.807) is 38.1 Å². The van der Waals surface area contributed by atoms with E-state index < -0.39 is 11.6 Å². The minimum Gasteiger partial charge on any atom is -0.433 e. The zero-order valence-electron chi connectivity index (χ0n) is 13.6. The third-order valence-electron chi connectivity index (χ3n) is 3.08. The van der Waals surface area contributed by atoms with E-state index in [4.69, 9.17) is 10.00 Å². The van der Waals surface area contributed by atoms with Gasteiger partial charge in [-0.25, -0.2) is 9.37 Å². The summed E-state index contributed by atoms with van der Waals surface area (Å²) in [5, 5.41) is 8.95. The van der Waals surface area contributed by atoms with Gasteiger partial charge in [-0.1, -0.05) is 6.07 Å². The number of carbonyl (C=O) groups excluding carboxylic acids is 1. The third kappa shape index (κ3) is 4.17. The summed E-state index contributed by atoms with van der Waals surface area (Å²) in [5.74, 6) is -0.632. The smallest absolute Gasteiger partial charge is 0.229 e. The standard InChI is InChI=1S/C18H16FN3O2/c1-12-4-9-15(10-20)21-18(12)24-16(11-22(2)3)17(23)13-5-7-14(19)8-6-13/h4-9,11H,1-3H3. The van der Waals surface area contributed by atoms with Crippen LogP contribution in [-0.4, -0.2) is 29.8 Å². The first-order chi connectivity index (χ1) is 11.4. The summed E-state index contributed by atoms with van der Waals surface area (Å²) in [6.07, 6.45) is 1.51. The molecule has 0 saturated carbocycles. The molecule has 0 fully saturated rings. The van der Waals surface area contributed by atoms with E-state index in [9.17, 15) is 9.18 Å². The predicted octanol–water partition coefficient (Wildman–Crippen LogP) is 3.07. The second-order valence-corrected chi connectivity index (χ2v) is 5.33. The molecule has 0 N–H and O–H groups in total. The van der Waals surface area contributed by atoms with E-state index in [1.807, 2.05) is 6.07 Å². The number of ether oxygens (including phenoxy) is 1. The van der Waals surface area contributed by atoms with E-state index >= 15 is 0 Å². The number of benzene rings is 1. The topological polar surface area (TPSA) is 66.2 Å². The number of ketones is 1. The van der Waals surface area contributed by atoms with E-state index in [2.05, 4.69) is 4.98 Å². The van der Waals surface area contributed by atoms with Crippen molar-refractivity contribution >= 4 is 5.78 Å². The van der Waals surface area contributed by atoms with Crippen molar-refractivity contribution in [3.8, 4) is 11.9 Å². The van der Waals surface area contributed by atoms with Gasteiger partial charge in [-0.2, -0.15) is 5.26 Å². The van der Waals surface area contributed by atoms with Gasteiger partial charge in [0.05, 0.1) is 0 Å². The van der Waals surface area contributed by atoms with Crippen molar-refractivity contribution in [1.29, 1.82) is 5.26 Å². The number of rotatable bonds is 5. The zero-order chi connectivity index (χ0) is 17.7. The Morgan fingerprint density at radius 1 is 1.25 bits per heavy atom. The summed E-state index contributed by atoms with van der Waals surface area (Å²) in [7, 11) is 3.49. The lowest BCUT2D eigenvalue weighted by Crippen LogP contribution is -2.15. The van der Waals surface area contributed by atoms with Crippen LogP contribution in [0.4, 0.5) is 4.39 Å². The molecular weight excluding hydrogens is 309 g/mol. The van der Waals surface area contributed by atoms with Gasteiger partial charge in [-0.05, 0) is 37.3 Å². The molecular formula is C18H16FN3O2. The second-order valence-electron chi connectivity index (χ2n) is 5.33. The average molecular weight is 325 g/mol. The lowest BCUT2D eigenvalue weighted by Gasteiger charge is -2.13. The maximum Gasteiger partial charge on any atom is 0.229 e. The van der Waals surface area contributed by atoms with Crippen LogP contribution in [0.1, 0.15) is 21.6 Å². The summed E-state index contributed by atoms with van der Waals surface area (Å²) in [6, 6.07) is 10.4. The Labute approximate surface area is 139 Å². The van der Waals surface area contributed by atoms with Crippen LogP contribution in [0.3, 0.4) is 0 Å². The van der Waals surface area contributed by atoms with Crippen LogP contribution >= 0.6 is 0 Å². The number of nitrogens with zero attached hydrogens (tertiary/aromatic N) is 3. The number of aryl methyl sites for hydroxylation is 1. The maximum absolute atomic E-state index is 13.0. The fourth-order valence-electron chi connectivity index (χ4n) is 1.89. The molecule has 0 aliphatic heterocycles. The van der Waals surface area contributed by atoms with Crippen LogP contribution in [0.25, 0.3) is 0 Å². The SMILES string of the molecule is Cc1ccc(C#N)nc1OC(=CN(C)C)C(=O)c1ccc(F)cc1. The van der Waals surface area contributed by atoms with Crippen molar-refractivity contribution in [2.75, 3.05) is 14.1 Å². The first-order valence-electron chi connectivity index (χ1n) is 7.15. The Morgan fingerprint density at radius 3 is 2.50 bits per heavy atom. The highest BCUT2D eigenvalue weighted by Crippen LogP contribution is 2.20. The highest BCUT2D eigenvalue weighted by atomic mass is 19.1. The lowest BCUT2D eigenvalue weighted by atomic mass is 10.1. The Hall–Kier alpha value is -3.20. The molecule has 1 aromatic heterocycles. The minimum absolute atomic E-state index is 0.0253. The Morgan fingerprint density at radius 2 is 1.92 bits per heavy atom. The molecule has 0 spiro atoms. The van der Waals surface area contributed by atoms with Gasteiger partial charge in [-0.15, -0.1) is 0 Å². The third-order valence-corrected chi connectivity index (χ3v) is 3.08. The minimum atomic E-state index is -0.426. The van der Waals surface area contributed by atoms with Crippen LogP contribution in [0, 0.1) is 24.1 Å². The van der Waals surface area contributed by atoms with E-state index in [-0.39, 0.29) is 17.3 Å². The first kappa shape index (κ1) is 17.2. The van der Waals surface area contributed by atoms with Gasteiger partial charge in [0, 0.05) is 31.4 Å². The number of aromatic nitrogens is 1. The molecule has 2 rings (SSSR count). The van der Waals surface area contributed by atoms with Crippen molar-refractivity contribution in [1.82, 2.24) is 9.88 Å². The number of halogens is 1. The molecule has 0 amide bonds. The number of pyridine rings is 1. The number of Topliss-reactive ketones (excluding diaryl/α,β-unsaturated/α-hetero) is 1. The second kappa shape index (κ2) is 7.38. The fraction of sp³-hybridized carbons (Fsp3) is 0.167. The van der Waals surface area contributed by atoms with E-state index in [0.29, 0.717) is 11.1 Å². The molecule has 0 aliphatic carbocycles. The fourth-order valence-corrected chi connectivity index (χ4v) is 1.89. The molecule has 0 saturated heterocycles. The van der Waals surface area contributed by atoms with Crippen LogP contribution in [0.5, 0.6) is 5.88 Å². The molecule has 0 radical (unpaired) electrons. The van der Waals surface area contributed by atoms with Gasteiger partial charge < -0.3 is 9.64 Å². The molecule has 1 aromatic carbocycles. The predicted molar refractivity (Wildman–Crippen MR) is 86.8 cm³/mol. The van der Waals surface area contributed by atoms with Crippen LogP contribution in [-0.2, 0) is 0 Å². The highest BCUT2D eigenvalue weighted by molar-refractivity contribution is 6.07. The van der Waals surface area contributed by atoms with E-state index in [1.165, 1.54) is 30.5 Å². The number of hydrogen-bond donors (Lipinski definition) is 0. The van der Waals surface area contributed by atoms with Crippen LogP contribution < -0.4 is 4.74 Å². The van der Waals surface area contributed by atoms with Gasteiger partial charge in [-0.3, -0.25) is 4.79 Å². The molecule has 2 aromatic rings. The summed E-state index contributed by atoms with van der Waals surface area (Å²) < 4.78 is 18.7. The molecule has 0 aliphatic rings. The Balaban J connectivity index is 2.38. The monoisotopic (exact) mass is 325 g/mol. The zero-order valence-corrected chi connectivity index (χ0v) is 13.6. The molecule has 0 bridgehead atoms. The number of nitriles is 1. The summed E-state index contributed by atoms with van der Waals surface area (Å²) in [5.41, 5.74) is 1.16. The first-order valence-corrected chi connectivity index (χ1v) is 7.15. The van der Waals surface area contributed by atoms with Gasteiger partial charge in [0.1, 0.15) is 17.6 Å². The molecule has 24 heavy (non-hydrogen) atoms. The molecule has 0 unspecified atom stereocenters.